The molecule has 0 spiro atoms. The number of aromatic nitrogens is 4. The van der Waals surface area contributed by atoms with E-state index in [1.807, 2.05) is 52.1 Å². The first-order valence-electron chi connectivity index (χ1n) is 11.8. The van der Waals surface area contributed by atoms with Crippen LogP contribution in [0.2, 0.25) is 0 Å². The average molecular weight is 466 g/mol. The summed E-state index contributed by atoms with van der Waals surface area (Å²) < 4.78 is 3.74. The normalized spacial score (nSPS) is 14.2. The van der Waals surface area contributed by atoms with Gasteiger partial charge in [0.15, 0.2) is 0 Å². The van der Waals surface area contributed by atoms with E-state index in [1.165, 1.54) is 0 Å². The van der Waals surface area contributed by atoms with E-state index in [2.05, 4.69) is 40.7 Å². The van der Waals surface area contributed by atoms with Gasteiger partial charge in [0.2, 0.25) is 5.91 Å². The van der Waals surface area contributed by atoms with Gasteiger partial charge in [-0.05, 0) is 55.0 Å². The minimum atomic E-state index is -0.509. The van der Waals surface area contributed by atoms with Crippen molar-refractivity contribution < 1.29 is 4.79 Å². The molecule has 0 unspecified atom stereocenters. The van der Waals surface area contributed by atoms with Gasteiger partial charge in [-0.3, -0.25) is 9.48 Å². The highest BCUT2D eigenvalue weighted by Gasteiger charge is 2.25. The Bertz CT molecular complexity index is 1450. The molecule has 1 aliphatic rings. The van der Waals surface area contributed by atoms with Crippen molar-refractivity contribution >= 4 is 22.7 Å². The lowest BCUT2D eigenvalue weighted by Gasteiger charge is -2.34. The number of nitriles is 1. The Hall–Kier alpha value is -4.38. The number of hydrogen-bond donors (Lipinski definition) is 1. The molecule has 176 valence electrons. The zero-order valence-corrected chi connectivity index (χ0v) is 19.7. The van der Waals surface area contributed by atoms with Crippen LogP contribution in [-0.2, 0) is 11.3 Å². The standard InChI is InChI=1S/C27H27N7O/c1-3-33-16-23(15-30-33)21-12-25(26-22(13-28)14-31-34(26)17-21)20-8-10-32(11-9-20)24-6-4-19(5-7-24)18(2)27(29)35/h4-7,12,14-17,20H,2-3,8-11H2,1H3,(H2,29,35). The number of nitrogens with zero attached hydrogens (tertiary/aromatic N) is 6. The second-order valence-corrected chi connectivity index (χ2v) is 8.88. The van der Waals surface area contributed by atoms with Crippen LogP contribution in [-0.4, -0.2) is 38.4 Å². The van der Waals surface area contributed by atoms with Crippen LogP contribution in [0.4, 0.5) is 5.69 Å². The molecule has 1 aliphatic heterocycles. The van der Waals surface area contributed by atoms with Crippen LogP contribution < -0.4 is 10.6 Å². The van der Waals surface area contributed by atoms with Crippen LogP contribution in [0.25, 0.3) is 22.2 Å². The molecule has 4 heterocycles. The van der Waals surface area contributed by atoms with Gasteiger partial charge in [0.05, 0.1) is 23.5 Å². The molecule has 0 saturated carbocycles. The molecule has 0 radical (unpaired) electrons. The Labute approximate surface area is 203 Å². The summed E-state index contributed by atoms with van der Waals surface area (Å²) in [5.74, 6) is -0.196. The summed E-state index contributed by atoms with van der Waals surface area (Å²) >= 11 is 0. The molecule has 0 aliphatic carbocycles. The number of aryl methyl sites for hydroxylation is 1. The molecule has 1 fully saturated rings. The molecule has 2 N–H and O–H groups in total. The molecule has 3 aromatic heterocycles. The minimum absolute atomic E-state index is 0.313. The molecular formula is C27H27N7O. The van der Waals surface area contributed by atoms with Crippen molar-refractivity contribution in [2.75, 3.05) is 18.0 Å². The first kappa shape index (κ1) is 22.4. The summed E-state index contributed by atoms with van der Waals surface area (Å²) in [6, 6.07) is 12.3. The van der Waals surface area contributed by atoms with Gasteiger partial charge < -0.3 is 10.6 Å². The van der Waals surface area contributed by atoms with Crippen molar-refractivity contribution in [3.05, 3.63) is 78.4 Å². The number of hydrogen-bond acceptors (Lipinski definition) is 5. The number of rotatable bonds is 6. The lowest BCUT2D eigenvalue weighted by atomic mass is 9.87. The lowest BCUT2D eigenvalue weighted by Crippen LogP contribution is -2.33. The van der Waals surface area contributed by atoms with Gasteiger partial charge in [0.25, 0.3) is 0 Å². The van der Waals surface area contributed by atoms with Gasteiger partial charge in [-0.25, -0.2) is 4.52 Å². The second kappa shape index (κ2) is 9.11. The third-order valence-corrected chi connectivity index (χ3v) is 6.87. The first-order valence-corrected chi connectivity index (χ1v) is 11.8. The quantitative estimate of drug-likeness (QED) is 0.434. The minimum Gasteiger partial charge on any atom is -0.371 e. The highest BCUT2D eigenvalue weighted by molar-refractivity contribution is 6.17. The van der Waals surface area contributed by atoms with Crippen molar-refractivity contribution in [1.82, 2.24) is 19.4 Å². The Morgan fingerprint density at radius 1 is 1.14 bits per heavy atom. The molecule has 5 rings (SSSR count). The maximum absolute atomic E-state index is 11.4. The van der Waals surface area contributed by atoms with E-state index in [0.29, 0.717) is 17.1 Å². The number of nitrogens with two attached hydrogens (primary N) is 1. The average Bonchev–Trinajstić information content (AvgIpc) is 3.55. The molecule has 0 bridgehead atoms. The Balaban J connectivity index is 1.41. The fourth-order valence-electron chi connectivity index (χ4n) is 4.85. The van der Waals surface area contributed by atoms with Crippen LogP contribution in [0, 0.1) is 11.3 Å². The molecule has 1 amide bonds. The van der Waals surface area contributed by atoms with Crippen molar-refractivity contribution in [2.24, 2.45) is 5.73 Å². The highest BCUT2D eigenvalue weighted by atomic mass is 16.1. The molecule has 1 aromatic carbocycles. The van der Waals surface area contributed by atoms with Gasteiger partial charge in [-0.1, -0.05) is 18.7 Å². The van der Waals surface area contributed by atoms with Crippen molar-refractivity contribution in [3.8, 4) is 17.2 Å². The Morgan fingerprint density at radius 3 is 2.51 bits per heavy atom. The van der Waals surface area contributed by atoms with E-state index in [4.69, 9.17) is 5.73 Å². The van der Waals surface area contributed by atoms with E-state index >= 15 is 0 Å². The van der Waals surface area contributed by atoms with Crippen molar-refractivity contribution in [2.45, 2.75) is 32.2 Å². The smallest absolute Gasteiger partial charge is 0.248 e. The molecule has 4 aromatic rings. The topological polar surface area (TPSA) is 105 Å². The van der Waals surface area contributed by atoms with Gasteiger partial charge in [-0.2, -0.15) is 15.5 Å². The Morgan fingerprint density at radius 2 is 1.89 bits per heavy atom. The van der Waals surface area contributed by atoms with Crippen LogP contribution in [0.1, 0.15) is 42.4 Å². The number of fused-ring (bicyclic) bond motifs is 1. The van der Waals surface area contributed by atoms with E-state index in [-0.39, 0.29) is 0 Å². The zero-order valence-electron chi connectivity index (χ0n) is 19.7. The second-order valence-electron chi connectivity index (χ2n) is 8.88. The summed E-state index contributed by atoms with van der Waals surface area (Å²) in [7, 11) is 0. The van der Waals surface area contributed by atoms with Crippen LogP contribution in [0.5, 0.6) is 0 Å². The molecule has 0 atom stereocenters. The lowest BCUT2D eigenvalue weighted by molar-refractivity contribution is -0.112. The Kier molecular flexibility index (Phi) is 5.83. The fraction of sp³-hybridized carbons (Fsp3) is 0.259. The first-order chi connectivity index (χ1) is 17.0. The van der Waals surface area contributed by atoms with Gasteiger partial charge in [0, 0.05) is 54.4 Å². The number of primary amides is 1. The molecule has 8 heteroatoms. The number of benzene rings is 1. The SMILES string of the molecule is C=C(C(N)=O)c1ccc(N2CCC(c3cc(-c4cnn(CC)c4)cn4ncc(C#N)c34)CC2)cc1. The largest absolute Gasteiger partial charge is 0.371 e. The fourth-order valence-corrected chi connectivity index (χ4v) is 4.85. The predicted octanol–water partition coefficient (Wildman–Crippen LogP) is 3.97. The third kappa shape index (κ3) is 4.17. The number of carbonyl (C=O) groups excluding carboxylic acids is 1. The summed E-state index contributed by atoms with van der Waals surface area (Å²) in [5, 5.41) is 18.6. The van der Waals surface area contributed by atoms with Crippen LogP contribution in [0.15, 0.2) is 61.7 Å². The zero-order chi connectivity index (χ0) is 24.5. The van der Waals surface area contributed by atoms with E-state index in [0.717, 1.165) is 65.9 Å². The van der Waals surface area contributed by atoms with E-state index in [1.54, 1.807) is 6.20 Å². The van der Waals surface area contributed by atoms with Crippen molar-refractivity contribution in [3.63, 3.8) is 0 Å². The monoisotopic (exact) mass is 465 g/mol. The number of piperidine rings is 1. The van der Waals surface area contributed by atoms with Gasteiger partial charge >= 0.3 is 0 Å². The number of pyridine rings is 1. The summed E-state index contributed by atoms with van der Waals surface area (Å²) in [5.41, 5.74) is 12.3. The number of carbonyl (C=O) groups is 1. The van der Waals surface area contributed by atoms with Crippen LogP contribution in [0.3, 0.4) is 0 Å². The molecule has 1 saturated heterocycles. The summed E-state index contributed by atoms with van der Waals surface area (Å²) in [6.45, 7) is 8.41. The molecule has 8 nitrogen and oxygen atoms in total. The van der Waals surface area contributed by atoms with E-state index < -0.39 is 5.91 Å². The maximum atomic E-state index is 11.4. The number of amides is 1. The molecule has 35 heavy (non-hydrogen) atoms. The predicted molar refractivity (Wildman–Crippen MR) is 136 cm³/mol. The summed E-state index contributed by atoms with van der Waals surface area (Å²) in [4.78, 5) is 13.7. The third-order valence-electron chi connectivity index (χ3n) is 6.87. The van der Waals surface area contributed by atoms with Gasteiger partial charge in [-0.15, -0.1) is 0 Å². The van der Waals surface area contributed by atoms with E-state index in [9.17, 15) is 10.1 Å². The van der Waals surface area contributed by atoms with Gasteiger partial charge in [0.1, 0.15) is 6.07 Å². The number of anilines is 1. The van der Waals surface area contributed by atoms with Crippen molar-refractivity contribution in [1.29, 1.82) is 5.26 Å². The maximum Gasteiger partial charge on any atom is 0.248 e. The van der Waals surface area contributed by atoms with Crippen LogP contribution >= 0.6 is 0 Å². The molecular weight excluding hydrogens is 438 g/mol. The highest BCUT2D eigenvalue weighted by Crippen LogP contribution is 2.36. The summed E-state index contributed by atoms with van der Waals surface area (Å²) in [6.07, 6.45) is 9.46.